The van der Waals surface area contributed by atoms with Crippen LogP contribution in [0.15, 0.2) is 24.3 Å². The molecule has 1 unspecified atom stereocenters. The molecule has 4 heteroatoms. The van der Waals surface area contributed by atoms with Crippen LogP contribution in [-0.4, -0.2) is 19.1 Å². The summed E-state index contributed by atoms with van der Waals surface area (Å²) >= 11 is 5.87. The van der Waals surface area contributed by atoms with E-state index in [0.717, 1.165) is 18.5 Å². The van der Waals surface area contributed by atoms with Gasteiger partial charge < -0.3 is 10.1 Å². The molecule has 0 spiro atoms. The molecule has 0 heterocycles. The van der Waals surface area contributed by atoms with Crippen molar-refractivity contribution in [2.75, 3.05) is 18.5 Å². The third kappa shape index (κ3) is 6.80. The minimum Gasteiger partial charge on any atom is -0.464 e. The van der Waals surface area contributed by atoms with Gasteiger partial charge in [0.1, 0.15) is 6.54 Å². The number of carbonyl (C=O) groups excluding carboxylic acids is 1. The van der Waals surface area contributed by atoms with Gasteiger partial charge in [-0.15, -0.1) is 0 Å². The second-order valence-corrected chi connectivity index (χ2v) is 5.40. The quantitative estimate of drug-likeness (QED) is 0.681. The van der Waals surface area contributed by atoms with E-state index in [1.54, 1.807) is 12.1 Å². The highest BCUT2D eigenvalue weighted by molar-refractivity contribution is 6.30. The van der Waals surface area contributed by atoms with E-state index in [4.69, 9.17) is 16.3 Å². The Balaban J connectivity index is 2.26. The first kappa shape index (κ1) is 16.8. The molecular formula is C16H24ClNO2. The van der Waals surface area contributed by atoms with Crippen molar-refractivity contribution in [3.8, 4) is 0 Å². The lowest BCUT2D eigenvalue weighted by Crippen LogP contribution is -2.20. The van der Waals surface area contributed by atoms with Gasteiger partial charge in [-0.3, -0.25) is 4.79 Å². The molecule has 1 rings (SSSR count). The van der Waals surface area contributed by atoms with E-state index in [1.165, 1.54) is 12.8 Å². The van der Waals surface area contributed by atoms with Gasteiger partial charge in [0.2, 0.25) is 0 Å². The highest BCUT2D eigenvalue weighted by Crippen LogP contribution is 2.15. The molecule has 0 aliphatic rings. The van der Waals surface area contributed by atoms with Gasteiger partial charge in [0, 0.05) is 10.7 Å². The lowest BCUT2D eigenvalue weighted by Gasteiger charge is -2.15. The van der Waals surface area contributed by atoms with E-state index < -0.39 is 0 Å². The first-order valence-electron chi connectivity index (χ1n) is 7.30. The third-order valence-electron chi connectivity index (χ3n) is 3.28. The van der Waals surface area contributed by atoms with Gasteiger partial charge in [-0.1, -0.05) is 50.8 Å². The Morgan fingerprint density at radius 1 is 1.40 bits per heavy atom. The topological polar surface area (TPSA) is 38.3 Å². The Morgan fingerprint density at radius 3 is 2.85 bits per heavy atom. The Morgan fingerprint density at radius 2 is 2.20 bits per heavy atom. The minimum absolute atomic E-state index is 0.171. The normalized spacial score (nSPS) is 11.9. The number of unbranched alkanes of at least 4 members (excludes halogenated alkanes) is 1. The Kier molecular flexibility index (Phi) is 8.12. The standard InChI is InChI=1S/C16H24ClNO2/c1-3-5-7-13(4-2)12-20-16(19)11-18-15-9-6-8-14(17)10-15/h6,8-10,13,18H,3-5,7,11-12H2,1-2H3. The lowest BCUT2D eigenvalue weighted by atomic mass is 10.0. The molecular weight excluding hydrogens is 274 g/mol. The predicted molar refractivity (Wildman–Crippen MR) is 84.2 cm³/mol. The zero-order valence-electron chi connectivity index (χ0n) is 12.3. The fourth-order valence-corrected chi connectivity index (χ4v) is 2.12. The molecule has 0 aromatic heterocycles. The summed E-state index contributed by atoms with van der Waals surface area (Å²) in [6, 6.07) is 7.29. The molecule has 0 saturated heterocycles. The number of ether oxygens (including phenoxy) is 1. The van der Waals surface area contributed by atoms with Gasteiger partial charge >= 0.3 is 5.97 Å². The van der Waals surface area contributed by atoms with Gasteiger partial charge in [0.05, 0.1) is 6.61 Å². The number of carbonyl (C=O) groups is 1. The number of rotatable bonds is 9. The number of nitrogens with one attached hydrogen (secondary N) is 1. The van der Waals surface area contributed by atoms with Crippen LogP contribution in [0.25, 0.3) is 0 Å². The molecule has 0 saturated carbocycles. The molecule has 20 heavy (non-hydrogen) atoms. The summed E-state index contributed by atoms with van der Waals surface area (Å²) in [5.74, 6) is 0.255. The summed E-state index contributed by atoms with van der Waals surface area (Å²) < 4.78 is 5.31. The van der Waals surface area contributed by atoms with E-state index in [1.807, 2.05) is 12.1 Å². The highest BCUT2D eigenvalue weighted by Gasteiger charge is 2.09. The highest BCUT2D eigenvalue weighted by atomic mass is 35.5. The van der Waals surface area contributed by atoms with Crippen LogP contribution in [0.3, 0.4) is 0 Å². The van der Waals surface area contributed by atoms with Gasteiger partial charge in [-0.25, -0.2) is 0 Å². The van der Waals surface area contributed by atoms with Crippen LogP contribution in [-0.2, 0) is 9.53 Å². The monoisotopic (exact) mass is 297 g/mol. The smallest absolute Gasteiger partial charge is 0.325 e. The van der Waals surface area contributed by atoms with Crippen molar-refractivity contribution in [3.05, 3.63) is 29.3 Å². The second kappa shape index (κ2) is 9.65. The van der Waals surface area contributed by atoms with Crippen molar-refractivity contribution in [1.29, 1.82) is 0 Å². The summed E-state index contributed by atoms with van der Waals surface area (Å²) in [5, 5.41) is 3.66. The summed E-state index contributed by atoms with van der Waals surface area (Å²) in [7, 11) is 0. The van der Waals surface area contributed by atoms with Crippen molar-refractivity contribution in [2.24, 2.45) is 5.92 Å². The number of esters is 1. The Labute approximate surface area is 126 Å². The first-order chi connectivity index (χ1) is 9.65. The Hall–Kier alpha value is -1.22. The SMILES string of the molecule is CCCCC(CC)COC(=O)CNc1cccc(Cl)c1. The molecule has 1 aromatic carbocycles. The molecule has 112 valence electrons. The van der Waals surface area contributed by atoms with Gasteiger partial charge in [-0.2, -0.15) is 0 Å². The van der Waals surface area contributed by atoms with Crippen LogP contribution in [0.5, 0.6) is 0 Å². The maximum atomic E-state index is 11.7. The fraction of sp³-hybridized carbons (Fsp3) is 0.562. The van der Waals surface area contributed by atoms with Gasteiger partial charge in [0.15, 0.2) is 0 Å². The zero-order chi connectivity index (χ0) is 14.8. The average Bonchev–Trinajstić information content (AvgIpc) is 2.45. The van der Waals surface area contributed by atoms with Gasteiger partial charge in [0.25, 0.3) is 0 Å². The fourth-order valence-electron chi connectivity index (χ4n) is 1.93. The first-order valence-corrected chi connectivity index (χ1v) is 7.68. The second-order valence-electron chi connectivity index (χ2n) is 4.96. The van der Waals surface area contributed by atoms with E-state index in [2.05, 4.69) is 19.2 Å². The molecule has 0 radical (unpaired) electrons. The van der Waals surface area contributed by atoms with Crippen LogP contribution in [0.2, 0.25) is 5.02 Å². The van der Waals surface area contributed by atoms with Gasteiger partial charge in [-0.05, 0) is 30.5 Å². The molecule has 0 aliphatic carbocycles. The number of hydrogen-bond acceptors (Lipinski definition) is 3. The molecule has 1 aromatic rings. The number of benzene rings is 1. The molecule has 3 nitrogen and oxygen atoms in total. The van der Waals surface area contributed by atoms with Crippen LogP contribution >= 0.6 is 11.6 Å². The molecule has 1 N–H and O–H groups in total. The summed E-state index contributed by atoms with van der Waals surface area (Å²) in [6.07, 6.45) is 4.55. The van der Waals surface area contributed by atoms with Crippen molar-refractivity contribution in [2.45, 2.75) is 39.5 Å². The van der Waals surface area contributed by atoms with Crippen LogP contribution < -0.4 is 5.32 Å². The summed E-state index contributed by atoms with van der Waals surface area (Å²) in [6.45, 7) is 5.00. The van der Waals surface area contributed by atoms with Crippen LogP contribution in [0.1, 0.15) is 39.5 Å². The van der Waals surface area contributed by atoms with E-state index >= 15 is 0 Å². The third-order valence-corrected chi connectivity index (χ3v) is 3.52. The van der Waals surface area contributed by atoms with Crippen molar-refractivity contribution in [3.63, 3.8) is 0 Å². The van der Waals surface area contributed by atoms with Crippen molar-refractivity contribution in [1.82, 2.24) is 0 Å². The average molecular weight is 298 g/mol. The Bertz CT molecular complexity index is 409. The number of halogens is 1. The van der Waals surface area contributed by atoms with Crippen LogP contribution in [0.4, 0.5) is 5.69 Å². The molecule has 0 amide bonds. The maximum Gasteiger partial charge on any atom is 0.325 e. The van der Waals surface area contributed by atoms with E-state index in [-0.39, 0.29) is 12.5 Å². The van der Waals surface area contributed by atoms with E-state index in [9.17, 15) is 4.79 Å². The molecule has 1 atom stereocenters. The van der Waals surface area contributed by atoms with Crippen LogP contribution in [0, 0.1) is 5.92 Å². The zero-order valence-corrected chi connectivity index (χ0v) is 13.1. The summed E-state index contributed by atoms with van der Waals surface area (Å²) in [4.78, 5) is 11.7. The lowest BCUT2D eigenvalue weighted by molar-refractivity contribution is -0.143. The molecule has 0 fully saturated rings. The predicted octanol–water partition coefficient (Wildman–Crippen LogP) is 4.51. The molecule has 0 aliphatic heterocycles. The maximum absolute atomic E-state index is 11.7. The largest absolute Gasteiger partial charge is 0.464 e. The van der Waals surface area contributed by atoms with Crippen molar-refractivity contribution < 1.29 is 9.53 Å². The minimum atomic E-state index is -0.222. The molecule has 0 bridgehead atoms. The number of anilines is 1. The van der Waals surface area contributed by atoms with Crippen molar-refractivity contribution >= 4 is 23.3 Å². The number of hydrogen-bond donors (Lipinski definition) is 1. The summed E-state index contributed by atoms with van der Waals surface area (Å²) in [5.41, 5.74) is 0.826. The van der Waals surface area contributed by atoms with E-state index in [0.29, 0.717) is 17.5 Å².